The van der Waals surface area contributed by atoms with Crippen LogP contribution in [-0.4, -0.2) is 28.6 Å². The minimum Gasteiger partial charge on any atom is -0.410 e. The Morgan fingerprint density at radius 1 is 0.972 bits per heavy atom. The molecule has 4 rings (SSSR count). The van der Waals surface area contributed by atoms with Gasteiger partial charge in [-0.25, -0.2) is 4.79 Å². The van der Waals surface area contributed by atoms with Crippen LogP contribution in [0.15, 0.2) is 72.9 Å². The normalized spacial score (nSPS) is 11.3. The molecule has 0 radical (unpaired) electrons. The van der Waals surface area contributed by atoms with Crippen molar-refractivity contribution in [3.8, 4) is 22.9 Å². The van der Waals surface area contributed by atoms with Crippen LogP contribution in [-0.2, 0) is 12.7 Å². The van der Waals surface area contributed by atoms with Crippen molar-refractivity contribution in [2.45, 2.75) is 26.6 Å². The molecule has 3 aromatic carbocycles. The minimum atomic E-state index is -4.38. The van der Waals surface area contributed by atoms with Gasteiger partial charge in [-0.15, -0.1) is 0 Å². The van der Waals surface area contributed by atoms with E-state index in [9.17, 15) is 23.2 Å². The topological polar surface area (TPSA) is 58.3 Å². The number of fused-ring (bicyclic) bond motifs is 1. The standard InChI is InChI=1S/C28H24F3N3O2/c1-3-33(4-2)27(35)36-25-14-13-24-23(26(25)21-9-5-19(17-32)6-10-21)15-16-34(24)18-20-7-11-22(12-8-20)28(29,30)31/h5-16H,3-4,18H2,1-2H3. The van der Waals surface area contributed by atoms with Gasteiger partial charge in [0.25, 0.3) is 0 Å². The molecule has 1 aromatic heterocycles. The first kappa shape index (κ1) is 24.9. The fraction of sp³-hybridized carbons (Fsp3) is 0.214. The predicted octanol–water partition coefficient (Wildman–Crippen LogP) is 7.09. The van der Waals surface area contributed by atoms with Gasteiger partial charge in [0.15, 0.2) is 0 Å². The quantitative estimate of drug-likeness (QED) is 0.289. The fourth-order valence-corrected chi connectivity index (χ4v) is 4.12. The lowest BCUT2D eigenvalue weighted by molar-refractivity contribution is -0.137. The number of halogens is 3. The highest BCUT2D eigenvalue weighted by Crippen LogP contribution is 2.38. The minimum absolute atomic E-state index is 0.368. The van der Waals surface area contributed by atoms with Crippen molar-refractivity contribution in [3.05, 3.63) is 89.6 Å². The number of aromatic nitrogens is 1. The number of amides is 1. The molecule has 0 bridgehead atoms. The van der Waals surface area contributed by atoms with Crippen molar-refractivity contribution < 1.29 is 22.7 Å². The third-order valence-electron chi connectivity index (χ3n) is 6.07. The summed E-state index contributed by atoms with van der Waals surface area (Å²) in [5, 5.41) is 9.99. The molecule has 0 aliphatic rings. The lowest BCUT2D eigenvalue weighted by Crippen LogP contribution is -2.33. The highest BCUT2D eigenvalue weighted by atomic mass is 19.4. The predicted molar refractivity (Wildman–Crippen MR) is 132 cm³/mol. The van der Waals surface area contributed by atoms with Gasteiger partial charge < -0.3 is 14.2 Å². The smallest absolute Gasteiger partial charge is 0.410 e. The van der Waals surface area contributed by atoms with Crippen molar-refractivity contribution in [2.75, 3.05) is 13.1 Å². The maximum Gasteiger partial charge on any atom is 0.416 e. The summed E-state index contributed by atoms with van der Waals surface area (Å²) < 4.78 is 46.5. The van der Waals surface area contributed by atoms with Gasteiger partial charge in [-0.1, -0.05) is 24.3 Å². The molecule has 0 saturated carbocycles. The van der Waals surface area contributed by atoms with Crippen LogP contribution in [0.5, 0.6) is 5.75 Å². The maximum atomic E-state index is 12.9. The molecule has 0 aliphatic heterocycles. The molecule has 0 unspecified atom stereocenters. The molecule has 0 saturated heterocycles. The number of hydrogen-bond acceptors (Lipinski definition) is 3. The number of alkyl halides is 3. The van der Waals surface area contributed by atoms with Crippen molar-refractivity contribution in [1.82, 2.24) is 9.47 Å². The Hall–Kier alpha value is -4.25. The van der Waals surface area contributed by atoms with Gasteiger partial charge in [-0.3, -0.25) is 0 Å². The van der Waals surface area contributed by atoms with Gasteiger partial charge >= 0.3 is 12.3 Å². The summed E-state index contributed by atoms with van der Waals surface area (Å²) in [6, 6.07) is 19.6. The summed E-state index contributed by atoms with van der Waals surface area (Å²) >= 11 is 0. The van der Waals surface area contributed by atoms with E-state index in [1.54, 1.807) is 35.2 Å². The Balaban J connectivity index is 1.76. The van der Waals surface area contributed by atoms with Crippen LogP contribution in [0.4, 0.5) is 18.0 Å². The molecule has 36 heavy (non-hydrogen) atoms. The zero-order chi connectivity index (χ0) is 25.9. The van der Waals surface area contributed by atoms with Crippen LogP contribution in [0.1, 0.15) is 30.5 Å². The third kappa shape index (κ3) is 5.05. The van der Waals surface area contributed by atoms with E-state index in [4.69, 9.17) is 4.74 Å². The second-order valence-corrected chi connectivity index (χ2v) is 8.24. The number of carbonyl (C=O) groups excluding carboxylic acids is 1. The molecular weight excluding hydrogens is 467 g/mol. The Morgan fingerprint density at radius 2 is 1.64 bits per heavy atom. The van der Waals surface area contributed by atoms with Crippen LogP contribution in [0.25, 0.3) is 22.0 Å². The Bertz CT molecular complexity index is 1410. The lowest BCUT2D eigenvalue weighted by atomic mass is 9.99. The Kier molecular flexibility index (Phi) is 7.02. The number of nitriles is 1. The molecule has 1 heterocycles. The molecule has 0 aliphatic carbocycles. The van der Waals surface area contributed by atoms with Gasteiger partial charge in [0.1, 0.15) is 5.75 Å². The van der Waals surface area contributed by atoms with Crippen LogP contribution < -0.4 is 4.74 Å². The van der Waals surface area contributed by atoms with Crippen LogP contribution >= 0.6 is 0 Å². The number of rotatable bonds is 6. The molecule has 0 spiro atoms. The molecule has 5 nitrogen and oxygen atoms in total. The maximum absolute atomic E-state index is 12.9. The SMILES string of the molecule is CCN(CC)C(=O)Oc1ccc2c(ccn2Cc2ccc(C(F)(F)F)cc2)c1-c1ccc(C#N)cc1. The third-order valence-corrected chi connectivity index (χ3v) is 6.07. The van der Waals surface area contributed by atoms with Crippen LogP contribution in [0.3, 0.4) is 0 Å². The van der Waals surface area contributed by atoms with Gasteiger partial charge in [-0.05, 0) is 67.4 Å². The van der Waals surface area contributed by atoms with Gasteiger partial charge in [0.05, 0.1) is 17.2 Å². The zero-order valence-electron chi connectivity index (χ0n) is 19.8. The van der Waals surface area contributed by atoms with E-state index < -0.39 is 17.8 Å². The molecular formula is C28H24F3N3O2. The number of nitrogens with zero attached hydrogens (tertiary/aromatic N) is 3. The first-order valence-electron chi connectivity index (χ1n) is 11.5. The summed E-state index contributed by atoms with van der Waals surface area (Å²) in [6.45, 7) is 5.13. The van der Waals surface area contributed by atoms with Crippen LogP contribution in [0, 0.1) is 11.3 Å². The van der Waals surface area contributed by atoms with E-state index in [1.807, 2.05) is 36.7 Å². The summed E-state index contributed by atoms with van der Waals surface area (Å²) in [5.41, 5.74) is 2.84. The summed E-state index contributed by atoms with van der Waals surface area (Å²) in [7, 11) is 0. The van der Waals surface area contributed by atoms with Crippen LogP contribution in [0.2, 0.25) is 0 Å². The molecule has 1 amide bonds. The van der Waals surface area contributed by atoms with Crippen molar-refractivity contribution in [2.24, 2.45) is 0 Å². The first-order valence-corrected chi connectivity index (χ1v) is 11.5. The van der Waals surface area contributed by atoms with Crippen molar-refractivity contribution in [3.63, 3.8) is 0 Å². The first-order chi connectivity index (χ1) is 17.2. The largest absolute Gasteiger partial charge is 0.416 e. The molecule has 184 valence electrons. The van der Waals surface area contributed by atoms with E-state index in [2.05, 4.69) is 6.07 Å². The molecule has 0 atom stereocenters. The number of carbonyl (C=O) groups is 1. The van der Waals surface area contributed by atoms with E-state index in [-0.39, 0.29) is 0 Å². The van der Waals surface area contributed by atoms with Gasteiger partial charge in [0.2, 0.25) is 0 Å². The lowest BCUT2D eigenvalue weighted by Gasteiger charge is -2.20. The number of ether oxygens (including phenoxy) is 1. The zero-order valence-corrected chi connectivity index (χ0v) is 19.8. The van der Waals surface area contributed by atoms with E-state index in [0.717, 1.165) is 34.2 Å². The summed E-state index contributed by atoms with van der Waals surface area (Å²) in [6.07, 6.45) is -2.99. The highest BCUT2D eigenvalue weighted by Gasteiger charge is 2.30. The highest BCUT2D eigenvalue weighted by molar-refractivity contribution is 5.99. The summed E-state index contributed by atoms with van der Waals surface area (Å²) in [4.78, 5) is 14.3. The fourth-order valence-electron chi connectivity index (χ4n) is 4.12. The Labute approximate surface area is 206 Å². The molecule has 0 N–H and O–H groups in total. The van der Waals surface area contributed by atoms with Crippen molar-refractivity contribution >= 4 is 17.0 Å². The second kappa shape index (κ2) is 10.2. The number of hydrogen-bond donors (Lipinski definition) is 0. The number of benzene rings is 3. The molecule has 0 fully saturated rings. The average Bonchev–Trinajstić information content (AvgIpc) is 3.27. The molecule has 4 aromatic rings. The van der Waals surface area contributed by atoms with E-state index >= 15 is 0 Å². The second-order valence-electron chi connectivity index (χ2n) is 8.24. The van der Waals surface area contributed by atoms with Gasteiger partial charge in [-0.2, -0.15) is 18.4 Å². The molecule has 8 heteroatoms. The monoisotopic (exact) mass is 491 g/mol. The van der Waals surface area contributed by atoms with E-state index in [0.29, 0.717) is 36.5 Å². The van der Waals surface area contributed by atoms with E-state index in [1.165, 1.54) is 12.1 Å². The van der Waals surface area contributed by atoms with Gasteiger partial charge in [0, 0.05) is 42.3 Å². The van der Waals surface area contributed by atoms with Crippen molar-refractivity contribution in [1.29, 1.82) is 5.26 Å². The average molecular weight is 492 g/mol. The summed E-state index contributed by atoms with van der Waals surface area (Å²) in [5.74, 6) is 0.386. The Morgan fingerprint density at radius 3 is 2.22 bits per heavy atom.